The van der Waals surface area contributed by atoms with Crippen LogP contribution in [0.3, 0.4) is 0 Å². The van der Waals surface area contributed by atoms with Crippen molar-refractivity contribution in [3.8, 4) is 0 Å². The van der Waals surface area contributed by atoms with Crippen LogP contribution in [0.2, 0.25) is 0 Å². The molecule has 0 radical (unpaired) electrons. The Labute approximate surface area is 56.5 Å². The van der Waals surface area contributed by atoms with Gasteiger partial charge in [0, 0.05) is 0 Å². The molecular weight excluding hydrogens is 130 g/mol. The number of hydrogen-bond donors (Lipinski definition) is 1. The molecule has 50 valence electrons. The van der Waals surface area contributed by atoms with Gasteiger partial charge >= 0.3 is 0 Å². The highest BCUT2D eigenvalue weighted by Crippen LogP contribution is 2.08. The van der Waals surface area contributed by atoms with Gasteiger partial charge in [-0.15, -0.1) is 0 Å². The molecule has 0 fully saturated rings. The van der Waals surface area contributed by atoms with E-state index in [1.165, 1.54) is 6.26 Å². The van der Waals surface area contributed by atoms with Crippen LogP contribution in [0.15, 0.2) is 17.4 Å². The van der Waals surface area contributed by atoms with Gasteiger partial charge in [-0.05, 0) is 6.08 Å². The minimum absolute atomic E-state index is 0.593. The monoisotopic (exact) mass is 135 g/mol. The lowest BCUT2D eigenvalue weighted by Gasteiger charge is -1.75. The Morgan fingerprint density at radius 1 is 1.70 bits per heavy atom. The van der Waals surface area contributed by atoms with E-state index in [-0.39, 0.29) is 0 Å². The first-order valence-electron chi connectivity index (χ1n) is 2.82. The second kappa shape index (κ2) is 1.70. The molecule has 0 aliphatic rings. The number of nitrogens with one attached hydrogen (secondary N) is 1. The van der Waals surface area contributed by atoms with E-state index in [0.717, 1.165) is 5.52 Å². The van der Waals surface area contributed by atoms with Gasteiger partial charge in [0.25, 0.3) is 0 Å². The van der Waals surface area contributed by atoms with Crippen LogP contribution < -0.4 is 0 Å². The molecule has 0 aromatic carbocycles. The molecule has 2 rings (SSSR count). The van der Waals surface area contributed by atoms with Crippen LogP contribution in [0.4, 0.5) is 0 Å². The number of aromatic amines is 1. The summed E-state index contributed by atoms with van der Waals surface area (Å²) in [5, 5.41) is 3.62. The maximum absolute atomic E-state index is 4.63. The summed E-state index contributed by atoms with van der Waals surface area (Å²) in [6, 6.07) is 0. The van der Waals surface area contributed by atoms with Gasteiger partial charge in [0.2, 0.25) is 5.65 Å². The summed E-state index contributed by atoms with van der Waals surface area (Å²) < 4.78 is 4.63. The molecule has 0 aliphatic carbocycles. The fraction of sp³-hybridized carbons (Fsp3) is 0. The van der Waals surface area contributed by atoms with Crippen LogP contribution in [-0.4, -0.2) is 15.1 Å². The van der Waals surface area contributed by atoms with Gasteiger partial charge < -0.3 is 9.51 Å². The van der Waals surface area contributed by atoms with Crippen molar-refractivity contribution in [2.75, 3.05) is 0 Å². The molecule has 0 saturated carbocycles. The SMILES string of the molecule is C=Cc1nc2nocc2[nH]1. The average molecular weight is 135 g/mol. The Bertz CT molecular complexity index is 331. The molecule has 4 heteroatoms. The van der Waals surface area contributed by atoms with Crippen LogP contribution in [0.5, 0.6) is 0 Å². The third-order valence-electron chi connectivity index (χ3n) is 1.23. The van der Waals surface area contributed by atoms with Crippen LogP contribution in [-0.2, 0) is 0 Å². The molecule has 0 aliphatic heterocycles. The number of hydrogen-bond acceptors (Lipinski definition) is 3. The summed E-state index contributed by atoms with van der Waals surface area (Å²) >= 11 is 0. The summed E-state index contributed by atoms with van der Waals surface area (Å²) in [5.41, 5.74) is 1.39. The second-order valence-electron chi connectivity index (χ2n) is 1.88. The number of H-pyrrole nitrogens is 1. The van der Waals surface area contributed by atoms with Crippen molar-refractivity contribution in [2.24, 2.45) is 0 Å². The van der Waals surface area contributed by atoms with Crippen molar-refractivity contribution in [3.05, 3.63) is 18.7 Å². The number of aromatic nitrogens is 3. The minimum Gasteiger partial charge on any atom is -0.360 e. The second-order valence-corrected chi connectivity index (χ2v) is 1.88. The predicted octanol–water partition coefficient (Wildman–Crippen LogP) is 1.19. The number of imidazole rings is 1. The Morgan fingerprint density at radius 2 is 2.60 bits per heavy atom. The molecular formula is C6H5N3O. The van der Waals surface area contributed by atoms with Crippen molar-refractivity contribution < 1.29 is 4.52 Å². The molecule has 0 amide bonds. The van der Waals surface area contributed by atoms with Crippen LogP contribution in [0.1, 0.15) is 5.82 Å². The van der Waals surface area contributed by atoms with E-state index < -0.39 is 0 Å². The Kier molecular flexibility index (Phi) is 0.887. The first-order chi connectivity index (χ1) is 4.90. The van der Waals surface area contributed by atoms with Gasteiger partial charge in [-0.1, -0.05) is 11.7 Å². The Morgan fingerprint density at radius 3 is 3.30 bits per heavy atom. The first kappa shape index (κ1) is 5.22. The largest absolute Gasteiger partial charge is 0.360 e. The molecule has 0 atom stereocenters. The molecule has 4 nitrogen and oxygen atoms in total. The topological polar surface area (TPSA) is 54.7 Å². The normalized spacial score (nSPS) is 10.4. The molecule has 2 aromatic heterocycles. The van der Waals surface area contributed by atoms with E-state index in [4.69, 9.17) is 0 Å². The molecule has 2 aromatic rings. The maximum Gasteiger partial charge on any atom is 0.220 e. The van der Waals surface area contributed by atoms with Gasteiger partial charge in [0.15, 0.2) is 0 Å². The number of rotatable bonds is 1. The summed E-state index contributed by atoms with van der Waals surface area (Å²) in [6.45, 7) is 3.55. The van der Waals surface area contributed by atoms with Gasteiger partial charge in [-0.3, -0.25) is 0 Å². The van der Waals surface area contributed by atoms with E-state index in [2.05, 4.69) is 26.2 Å². The molecule has 2 heterocycles. The Balaban J connectivity index is 2.78. The third kappa shape index (κ3) is 0.556. The smallest absolute Gasteiger partial charge is 0.220 e. The summed E-state index contributed by atoms with van der Waals surface area (Å²) in [6.07, 6.45) is 3.14. The fourth-order valence-electron chi connectivity index (χ4n) is 0.774. The summed E-state index contributed by atoms with van der Waals surface area (Å²) in [4.78, 5) is 6.95. The summed E-state index contributed by atoms with van der Waals surface area (Å²) in [7, 11) is 0. The van der Waals surface area contributed by atoms with Crippen molar-refractivity contribution in [1.82, 2.24) is 15.1 Å². The molecule has 0 spiro atoms. The number of fused-ring (bicyclic) bond motifs is 1. The zero-order valence-electron chi connectivity index (χ0n) is 5.16. The lowest BCUT2D eigenvalue weighted by Crippen LogP contribution is -1.71. The number of nitrogens with zero attached hydrogens (tertiary/aromatic N) is 2. The van der Waals surface area contributed by atoms with Gasteiger partial charge in [0.05, 0.1) is 0 Å². The summed E-state index contributed by atoms with van der Waals surface area (Å²) in [5.74, 6) is 0.716. The van der Waals surface area contributed by atoms with E-state index in [0.29, 0.717) is 11.5 Å². The van der Waals surface area contributed by atoms with Crippen LogP contribution >= 0.6 is 0 Å². The Hall–Kier alpha value is -1.58. The lowest BCUT2D eigenvalue weighted by atomic mass is 10.6. The van der Waals surface area contributed by atoms with Crippen molar-refractivity contribution in [3.63, 3.8) is 0 Å². The molecule has 0 unspecified atom stereocenters. The van der Waals surface area contributed by atoms with Gasteiger partial charge in [-0.2, -0.15) is 0 Å². The fourth-order valence-corrected chi connectivity index (χ4v) is 0.774. The van der Waals surface area contributed by atoms with E-state index in [1.807, 2.05) is 0 Å². The highest BCUT2D eigenvalue weighted by Gasteiger charge is 2.01. The van der Waals surface area contributed by atoms with E-state index in [1.54, 1.807) is 6.08 Å². The average Bonchev–Trinajstić information content (AvgIpc) is 2.42. The van der Waals surface area contributed by atoms with Crippen LogP contribution in [0, 0.1) is 0 Å². The predicted molar refractivity (Wildman–Crippen MR) is 36.2 cm³/mol. The minimum atomic E-state index is 0.593. The van der Waals surface area contributed by atoms with E-state index in [9.17, 15) is 0 Å². The molecule has 1 N–H and O–H groups in total. The van der Waals surface area contributed by atoms with Gasteiger partial charge in [-0.25, -0.2) is 4.98 Å². The standard InChI is InChI=1S/C6H5N3O/c1-2-5-7-4-3-10-9-6(4)8-5/h2-3H,1H2,(H,7,8,9). The van der Waals surface area contributed by atoms with Crippen molar-refractivity contribution >= 4 is 17.2 Å². The third-order valence-corrected chi connectivity index (χ3v) is 1.23. The maximum atomic E-state index is 4.63. The highest BCUT2D eigenvalue weighted by atomic mass is 16.5. The first-order valence-corrected chi connectivity index (χ1v) is 2.82. The van der Waals surface area contributed by atoms with Crippen molar-refractivity contribution in [2.45, 2.75) is 0 Å². The van der Waals surface area contributed by atoms with Crippen LogP contribution in [0.25, 0.3) is 17.2 Å². The van der Waals surface area contributed by atoms with Crippen molar-refractivity contribution in [1.29, 1.82) is 0 Å². The highest BCUT2D eigenvalue weighted by molar-refractivity contribution is 5.70. The molecule has 0 bridgehead atoms. The molecule has 10 heavy (non-hydrogen) atoms. The lowest BCUT2D eigenvalue weighted by molar-refractivity contribution is 0.426. The van der Waals surface area contributed by atoms with E-state index >= 15 is 0 Å². The quantitative estimate of drug-likeness (QED) is 0.639. The zero-order chi connectivity index (χ0) is 6.97. The molecule has 0 saturated heterocycles. The van der Waals surface area contributed by atoms with Gasteiger partial charge in [0.1, 0.15) is 17.6 Å². The zero-order valence-corrected chi connectivity index (χ0v) is 5.16.